The first-order valence-corrected chi connectivity index (χ1v) is 6.11. The van der Waals surface area contributed by atoms with Crippen molar-refractivity contribution in [1.29, 1.82) is 0 Å². The fraction of sp³-hybridized carbons (Fsp3) is 0.462. The summed E-state index contributed by atoms with van der Waals surface area (Å²) < 4.78 is 15.8. The van der Waals surface area contributed by atoms with E-state index in [1.165, 1.54) is 0 Å². The molecule has 1 saturated heterocycles. The molecule has 1 aromatic carbocycles. The van der Waals surface area contributed by atoms with E-state index in [-0.39, 0.29) is 12.5 Å². The van der Waals surface area contributed by atoms with Crippen molar-refractivity contribution >= 4 is 11.6 Å². The van der Waals surface area contributed by atoms with E-state index >= 15 is 0 Å². The van der Waals surface area contributed by atoms with Crippen LogP contribution in [0.1, 0.15) is 5.56 Å². The first-order chi connectivity index (χ1) is 9.24. The summed E-state index contributed by atoms with van der Waals surface area (Å²) >= 11 is 0. The average molecular weight is 266 g/mol. The number of hydrogen-bond acceptors (Lipinski definition) is 5. The van der Waals surface area contributed by atoms with Gasteiger partial charge in [0.05, 0.1) is 32.6 Å². The lowest BCUT2D eigenvalue weighted by Gasteiger charge is -2.22. The van der Waals surface area contributed by atoms with Gasteiger partial charge < -0.3 is 25.3 Å². The van der Waals surface area contributed by atoms with Crippen molar-refractivity contribution in [1.82, 2.24) is 0 Å². The van der Waals surface area contributed by atoms with Crippen molar-refractivity contribution in [3.8, 4) is 5.75 Å². The SMILES string of the molecule is COc1cc(CN)ccc1NC(=O)C1COCCO1. The predicted molar refractivity (Wildman–Crippen MR) is 70.1 cm³/mol. The number of nitrogens with one attached hydrogen (secondary N) is 1. The predicted octanol–water partition coefficient (Wildman–Crippen LogP) is 0.508. The smallest absolute Gasteiger partial charge is 0.256 e. The highest BCUT2D eigenvalue weighted by Crippen LogP contribution is 2.25. The molecule has 0 radical (unpaired) electrons. The summed E-state index contributed by atoms with van der Waals surface area (Å²) in [4.78, 5) is 12.0. The molecule has 0 bridgehead atoms. The molecule has 0 saturated carbocycles. The first-order valence-electron chi connectivity index (χ1n) is 6.11. The van der Waals surface area contributed by atoms with Gasteiger partial charge in [-0.05, 0) is 17.7 Å². The minimum Gasteiger partial charge on any atom is -0.495 e. The Morgan fingerprint density at radius 1 is 1.53 bits per heavy atom. The number of carbonyl (C=O) groups is 1. The number of amides is 1. The topological polar surface area (TPSA) is 82.8 Å². The molecule has 1 aliphatic rings. The zero-order valence-electron chi connectivity index (χ0n) is 10.8. The molecule has 0 aromatic heterocycles. The highest BCUT2D eigenvalue weighted by atomic mass is 16.6. The third kappa shape index (κ3) is 3.44. The highest BCUT2D eigenvalue weighted by molar-refractivity contribution is 5.95. The molecule has 6 heteroatoms. The standard InChI is InChI=1S/C13H18N2O4/c1-17-11-6-9(7-14)2-3-10(11)15-13(16)12-8-18-4-5-19-12/h2-3,6,12H,4-5,7-8,14H2,1H3,(H,15,16). The molecule has 1 heterocycles. The number of ether oxygens (including phenoxy) is 3. The number of anilines is 1. The number of nitrogens with two attached hydrogens (primary N) is 1. The Morgan fingerprint density at radius 3 is 3.00 bits per heavy atom. The number of methoxy groups -OCH3 is 1. The molecular weight excluding hydrogens is 248 g/mol. The van der Waals surface area contributed by atoms with E-state index in [4.69, 9.17) is 19.9 Å². The van der Waals surface area contributed by atoms with Gasteiger partial charge in [-0.2, -0.15) is 0 Å². The zero-order chi connectivity index (χ0) is 13.7. The Bertz CT molecular complexity index is 444. The molecule has 1 aromatic rings. The molecular formula is C13H18N2O4. The Kier molecular flexibility index (Phi) is 4.73. The number of benzene rings is 1. The normalized spacial score (nSPS) is 18.9. The molecule has 1 unspecified atom stereocenters. The maximum Gasteiger partial charge on any atom is 0.256 e. The summed E-state index contributed by atoms with van der Waals surface area (Å²) in [5, 5.41) is 2.77. The van der Waals surface area contributed by atoms with E-state index in [1.54, 1.807) is 19.2 Å². The lowest BCUT2D eigenvalue weighted by molar-refractivity contribution is -0.142. The Morgan fingerprint density at radius 2 is 2.37 bits per heavy atom. The van der Waals surface area contributed by atoms with Crippen LogP contribution in [0.4, 0.5) is 5.69 Å². The van der Waals surface area contributed by atoms with Crippen LogP contribution in [0.5, 0.6) is 5.75 Å². The van der Waals surface area contributed by atoms with E-state index in [0.717, 1.165) is 5.56 Å². The van der Waals surface area contributed by atoms with Gasteiger partial charge >= 0.3 is 0 Å². The summed E-state index contributed by atoms with van der Waals surface area (Å²) in [6.45, 7) is 1.65. The van der Waals surface area contributed by atoms with Crippen LogP contribution in [0, 0.1) is 0 Å². The van der Waals surface area contributed by atoms with Crippen molar-refractivity contribution in [3.63, 3.8) is 0 Å². The average Bonchev–Trinajstić information content (AvgIpc) is 2.48. The summed E-state index contributed by atoms with van der Waals surface area (Å²) in [6.07, 6.45) is -0.576. The van der Waals surface area contributed by atoms with Gasteiger partial charge in [0.2, 0.25) is 0 Å². The van der Waals surface area contributed by atoms with Crippen LogP contribution in [0.2, 0.25) is 0 Å². The largest absolute Gasteiger partial charge is 0.495 e. The zero-order valence-corrected chi connectivity index (χ0v) is 10.8. The van der Waals surface area contributed by atoms with Gasteiger partial charge in [-0.25, -0.2) is 0 Å². The molecule has 1 fully saturated rings. The quantitative estimate of drug-likeness (QED) is 0.829. The molecule has 3 N–H and O–H groups in total. The van der Waals surface area contributed by atoms with Crippen molar-refractivity contribution in [2.24, 2.45) is 5.73 Å². The van der Waals surface area contributed by atoms with Crippen LogP contribution in [0.25, 0.3) is 0 Å². The van der Waals surface area contributed by atoms with Gasteiger partial charge in [0, 0.05) is 6.54 Å². The van der Waals surface area contributed by atoms with Gasteiger partial charge in [0.1, 0.15) is 5.75 Å². The van der Waals surface area contributed by atoms with E-state index in [1.807, 2.05) is 6.07 Å². The van der Waals surface area contributed by atoms with Crippen LogP contribution < -0.4 is 15.8 Å². The number of hydrogen-bond donors (Lipinski definition) is 2. The van der Waals surface area contributed by atoms with Crippen molar-refractivity contribution < 1.29 is 19.0 Å². The van der Waals surface area contributed by atoms with E-state index in [2.05, 4.69) is 5.32 Å². The lowest BCUT2D eigenvalue weighted by atomic mass is 10.2. The van der Waals surface area contributed by atoms with Crippen LogP contribution in [0.3, 0.4) is 0 Å². The summed E-state index contributed by atoms with van der Waals surface area (Å²) in [6, 6.07) is 5.41. The second-order valence-corrected chi connectivity index (χ2v) is 4.16. The molecule has 1 atom stereocenters. The van der Waals surface area contributed by atoms with Crippen molar-refractivity contribution in [3.05, 3.63) is 23.8 Å². The third-order valence-corrected chi connectivity index (χ3v) is 2.87. The minimum absolute atomic E-state index is 0.238. The van der Waals surface area contributed by atoms with Crippen LogP contribution >= 0.6 is 0 Å². The second kappa shape index (κ2) is 6.51. The van der Waals surface area contributed by atoms with Gasteiger partial charge in [-0.1, -0.05) is 6.07 Å². The fourth-order valence-electron chi connectivity index (χ4n) is 1.82. The fourth-order valence-corrected chi connectivity index (χ4v) is 1.82. The minimum atomic E-state index is -0.576. The molecule has 2 rings (SSSR count). The van der Waals surface area contributed by atoms with Crippen LogP contribution in [0.15, 0.2) is 18.2 Å². The Balaban J connectivity index is 2.07. The Hall–Kier alpha value is -1.63. The van der Waals surface area contributed by atoms with Crippen molar-refractivity contribution in [2.75, 3.05) is 32.2 Å². The van der Waals surface area contributed by atoms with Crippen LogP contribution in [-0.4, -0.2) is 38.9 Å². The van der Waals surface area contributed by atoms with Crippen molar-refractivity contribution in [2.45, 2.75) is 12.6 Å². The van der Waals surface area contributed by atoms with E-state index in [9.17, 15) is 4.79 Å². The molecule has 0 aliphatic carbocycles. The maximum absolute atomic E-state index is 12.0. The van der Waals surface area contributed by atoms with Gasteiger partial charge in [0.15, 0.2) is 6.10 Å². The van der Waals surface area contributed by atoms with Gasteiger partial charge in [-0.3, -0.25) is 4.79 Å². The number of carbonyl (C=O) groups excluding carboxylic acids is 1. The second-order valence-electron chi connectivity index (χ2n) is 4.16. The highest BCUT2D eigenvalue weighted by Gasteiger charge is 2.23. The van der Waals surface area contributed by atoms with Crippen LogP contribution in [-0.2, 0) is 20.8 Å². The van der Waals surface area contributed by atoms with Gasteiger partial charge in [-0.15, -0.1) is 0 Å². The number of rotatable bonds is 4. The Labute approximate surface area is 111 Å². The first kappa shape index (κ1) is 13.8. The lowest BCUT2D eigenvalue weighted by Crippen LogP contribution is -2.39. The van der Waals surface area contributed by atoms with E-state index in [0.29, 0.717) is 31.2 Å². The van der Waals surface area contributed by atoms with Gasteiger partial charge in [0.25, 0.3) is 5.91 Å². The van der Waals surface area contributed by atoms with E-state index < -0.39 is 6.10 Å². The molecule has 104 valence electrons. The molecule has 0 spiro atoms. The molecule has 1 aliphatic heterocycles. The molecule has 1 amide bonds. The maximum atomic E-state index is 12.0. The third-order valence-electron chi connectivity index (χ3n) is 2.87. The molecule has 6 nitrogen and oxygen atoms in total. The summed E-state index contributed by atoms with van der Waals surface area (Å²) in [7, 11) is 1.55. The summed E-state index contributed by atoms with van der Waals surface area (Å²) in [5.74, 6) is 0.339. The summed E-state index contributed by atoms with van der Waals surface area (Å²) in [5.41, 5.74) is 7.10. The molecule has 19 heavy (non-hydrogen) atoms. The monoisotopic (exact) mass is 266 g/mol.